The Bertz CT molecular complexity index is 1040. The van der Waals surface area contributed by atoms with E-state index in [1.54, 1.807) is 43.3 Å². The SMILES string of the molecule is COc1ccc(OC)c(NC(=O)[C@@H]2C[C@H]([C@H](C)O)N[C@@]23C(=O)Nc2ccc(Cl)cc23)c1. The van der Waals surface area contributed by atoms with E-state index < -0.39 is 23.6 Å². The highest BCUT2D eigenvalue weighted by Crippen LogP contribution is 2.48. The average molecular weight is 446 g/mol. The molecule has 164 valence electrons. The highest BCUT2D eigenvalue weighted by molar-refractivity contribution is 6.31. The molecule has 2 aromatic carbocycles. The van der Waals surface area contributed by atoms with Gasteiger partial charge < -0.3 is 25.2 Å². The van der Waals surface area contributed by atoms with E-state index in [1.807, 2.05) is 0 Å². The monoisotopic (exact) mass is 445 g/mol. The summed E-state index contributed by atoms with van der Waals surface area (Å²) in [6.45, 7) is 1.63. The summed E-state index contributed by atoms with van der Waals surface area (Å²) >= 11 is 6.21. The third kappa shape index (κ3) is 3.50. The van der Waals surface area contributed by atoms with Gasteiger partial charge in [-0.15, -0.1) is 0 Å². The largest absolute Gasteiger partial charge is 0.497 e. The van der Waals surface area contributed by atoms with Crippen LogP contribution in [0, 0.1) is 5.92 Å². The normalized spacial score (nSPS) is 25.1. The molecule has 8 nitrogen and oxygen atoms in total. The van der Waals surface area contributed by atoms with Crippen molar-refractivity contribution in [2.24, 2.45) is 5.92 Å². The molecule has 31 heavy (non-hydrogen) atoms. The van der Waals surface area contributed by atoms with E-state index in [9.17, 15) is 14.7 Å². The number of amides is 2. The number of rotatable bonds is 5. The van der Waals surface area contributed by atoms with Gasteiger partial charge in [0.1, 0.15) is 17.0 Å². The van der Waals surface area contributed by atoms with Gasteiger partial charge >= 0.3 is 0 Å². The van der Waals surface area contributed by atoms with Crippen LogP contribution in [-0.2, 0) is 15.1 Å². The van der Waals surface area contributed by atoms with Gasteiger partial charge in [-0.3, -0.25) is 14.9 Å². The summed E-state index contributed by atoms with van der Waals surface area (Å²) in [4.78, 5) is 26.7. The second kappa shape index (κ2) is 8.03. The number of carbonyl (C=O) groups excluding carboxylic acids is 2. The first-order valence-electron chi connectivity index (χ1n) is 9.90. The van der Waals surface area contributed by atoms with Crippen molar-refractivity contribution in [2.45, 2.75) is 31.0 Å². The molecule has 4 rings (SSSR count). The molecule has 1 fully saturated rings. The van der Waals surface area contributed by atoms with Gasteiger partial charge in [-0.1, -0.05) is 11.6 Å². The Kier molecular flexibility index (Phi) is 5.55. The van der Waals surface area contributed by atoms with Crippen LogP contribution in [0.1, 0.15) is 18.9 Å². The van der Waals surface area contributed by atoms with Crippen LogP contribution in [0.25, 0.3) is 0 Å². The molecular weight excluding hydrogens is 422 g/mol. The number of aliphatic hydroxyl groups is 1. The van der Waals surface area contributed by atoms with Crippen molar-refractivity contribution < 1.29 is 24.2 Å². The summed E-state index contributed by atoms with van der Waals surface area (Å²) in [6, 6.07) is 9.67. The maximum absolute atomic E-state index is 13.5. The predicted octanol–water partition coefficient (Wildman–Crippen LogP) is 2.50. The summed E-state index contributed by atoms with van der Waals surface area (Å²) in [5, 5.41) is 19.6. The lowest BCUT2D eigenvalue weighted by atomic mass is 9.79. The topological polar surface area (TPSA) is 109 Å². The minimum Gasteiger partial charge on any atom is -0.497 e. The third-order valence-corrected chi connectivity index (χ3v) is 6.24. The summed E-state index contributed by atoms with van der Waals surface area (Å²) in [6.07, 6.45) is -0.508. The number of benzene rings is 2. The number of nitrogens with one attached hydrogen (secondary N) is 3. The Hall–Kier alpha value is -2.81. The van der Waals surface area contributed by atoms with E-state index in [4.69, 9.17) is 21.1 Å². The quantitative estimate of drug-likeness (QED) is 0.563. The van der Waals surface area contributed by atoms with Crippen LogP contribution in [0.3, 0.4) is 0 Å². The van der Waals surface area contributed by atoms with E-state index in [1.165, 1.54) is 14.2 Å². The molecule has 2 aliphatic heterocycles. The molecule has 0 unspecified atom stereocenters. The average Bonchev–Trinajstić information content (AvgIpc) is 3.28. The van der Waals surface area contributed by atoms with Gasteiger partial charge in [0.25, 0.3) is 0 Å². The van der Waals surface area contributed by atoms with Crippen LogP contribution in [0.15, 0.2) is 36.4 Å². The molecule has 4 N–H and O–H groups in total. The fraction of sp³-hybridized carbons (Fsp3) is 0.364. The van der Waals surface area contributed by atoms with Crippen LogP contribution in [0.2, 0.25) is 5.02 Å². The molecule has 0 radical (unpaired) electrons. The van der Waals surface area contributed by atoms with Crippen molar-refractivity contribution in [3.63, 3.8) is 0 Å². The zero-order valence-corrected chi connectivity index (χ0v) is 18.1. The Morgan fingerprint density at radius 3 is 2.71 bits per heavy atom. The lowest BCUT2D eigenvalue weighted by Gasteiger charge is -2.29. The zero-order chi connectivity index (χ0) is 22.3. The molecule has 1 saturated heterocycles. The van der Waals surface area contributed by atoms with Gasteiger partial charge in [-0.2, -0.15) is 0 Å². The lowest BCUT2D eigenvalue weighted by Crippen LogP contribution is -2.53. The first-order valence-corrected chi connectivity index (χ1v) is 10.3. The van der Waals surface area contributed by atoms with Crippen molar-refractivity contribution in [3.8, 4) is 11.5 Å². The minimum atomic E-state index is -1.35. The molecule has 0 saturated carbocycles. The van der Waals surface area contributed by atoms with E-state index >= 15 is 0 Å². The lowest BCUT2D eigenvalue weighted by molar-refractivity contribution is -0.130. The smallest absolute Gasteiger partial charge is 0.250 e. The Balaban J connectivity index is 1.75. The fourth-order valence-electron chi connectivity index (χ4n) is 4.42. The van der Waals surface area contributed by atoms with Crippen molar-refractivity contribution in [3.05, 3.63) is 47.0 Å². The van der Waals surface area contributed by atoms with Crippen molar-refractivity contribution in [1.82, 2.24) is 5.32 Å². The van der Waals surface area contributed by atoms with Gasteiger partial charge in [0, 0.05) is 28.4 Å². The van der Waals surface area contributed by atoms with Crippen LogP contribution >= 0.6 is 11.6 Å². The molecular formula is C22H24ClN3O5. The van der Waals surface area contributed by atoms with E-state index in [0.29, 0.717) is 33.5 Å². The maximum atomic E-state index is 13.5. The molecule has 2 heterocycles. The molecule has 0 aromatic heterocycles. The van der Waals surface area contributed by atoms with Gasteiger partial charge in [-0.05, 0) is 43.7 Å². The minimum absolute atomic E-state index is 0.259. The van der Waals surface area contributed by atoms with Crippen molar-refractivity contribution in [1.29, 1.82) is 0 Å². The standard InChI is InChI=1S/C22H24ClN3O5/c1-11(27)17-10-15(20(28)24-18-9-13(30-2)5-7-19(18)31-3)22(26-17)14-8-12(23)4-6-16(14)25-21(22)29/h4-9,11,15,17,26-27H,10H2,1-3H3,(H,24,28)(H,25,29)/t11-,15-,17+,22+/m0/s1. The Morgan fingerprint density at radius 1 is 1.26 bits per heavy atom. The first kappa shape index (κ1) is 21.4. The summed E-state index contributed by atoms with van der Waals surface area (Å²) in [5.41, 5.74) is 0.251. The molecule has 0 aliphatic carbocycles. The number of ether oxygens (including phenoxy) is 2. The number of aliphatic hydroxyl groups excluding tert-OH is 1. The number of halogens is 1. The van der Waals surface area contributed by atoms with Gasteiger partial charge in [0.15, 0.2) is 0 Å². The molecule has 2 aromatic rings. The first-order chi connectivity index (χ1) is 14.8. The van der Waals surface area contributed by atoms with Crippen LogP contribution in [0.4, 0.5) is 11.4 Å². The Labute approximate surface area is 184 Å². The number of carbonyl (C=O) groups is 2. The summed E-state index contributed by atoms with van der Waals surface area (Å²) < 4.78 is 10.6. The van der Waals surface area contributed by atoms with Crippen LogP contribution in [0.5, 0.6) is 11.5 Å². The molecule has 1 spiro atoms. The highest BCUT2D eigenvalue weighted by atomic mass is 35.5. The maximum Gasteiger partial charge on any atom is 0.250 e. The summed E-state index contributed by atoms with van der Waals surface area (Å²) in [5.74, 6) is -0.535. The van der Waals surface area contributed by atoms with Crippen LogP contribution < -0.4 is 25.4 Å². The van der Waals surface area contributed by atoms with Gasteiger partial charge in [0.05, 0.1) is 31.9 Å². The van der Waals surface area contributed by atoms with E-state index in [2.05, 4.69) is 16.0 Å². The number of fused-ring (bicyclic) bond motifs is 2. The zero-order valence-electron chi connectivity index (χ0n) is 17.4. The molecule has 2 aliphatic rings. The molecule has 9 heteroatoms. The third-order valence-electron chi connectivity index (χ3n) is 6.00. The molecule has 2 amide bonds. The highest BCUT2D eigenvalue weighted by Gasteiger charge is 2.60. The number of anilines is 2. The predicted molar refractivity (Wildman–Crippen MR) is 117 cm³/mol. The number of hydrogen-bond donors (Lipinski definition) is 4. The number of methoxy groups -OCH3 is 2. The van der Waals surface area contributed by atoms with Gasteiger partial charge in [0.2, 0.25) is 11.8 Å². The van der Waals surface area contributed by atoms with Crippen LogP contribution in [-0.4, -0.2) is 43.3 Å². The van der Waals surface area contributed by atoms with E-state index in [0.717, 1.165) is 0 Å². The second-order valence-corrected chi connectivity index (χ2v) is 8.22. The van der Waals surface area contributed by atoms with Crippen molar-refractivity contribution >= 4 is 34.8 Å². The molecule has 0 bridgehead atoms. The summed E-state index contributed by atoms with van der Waals surface area (Å²) in [7, 11) is 3.03. The number of hydrogen-bond acceptors (Lipinski definition) is 6. The second-order valence-electron chi connectivity index (χ2n) is 7.79. The Morgan fingerprint density at radius 2 is 2.03 bits per heavy atom. The van der Waals surface area contributed by atoms with E-state index in [-0.39, 0.29) is 18.2 Å². The van der Waals surface area contributed by atoms with Gasteiger partial charge in [-0.25, -0.2) is 0 Å². The fourth-order valence-corrected chi connectivity index (χ4v) is 4.59. The molecule has 4 atom stereocenters. The van der Waals surface area contributed by atoms with Crippen molar-refractivity contribution in [2.75, 3.05) is 24.9 Å².